The second kappa shape index (κ2) is 6.17. The van der Waals surface area contributed by atoms with Crippen LogP contribution in [0.15, 0.2) is 48.0 Å². The average Bonchev–Trinajstić information content (AvgIpc) is 3.07. The first-order valence-electron chi connectivity index (χ1n) is 8.60. The van der Waals surface area contributed by atoms with Gasteiger partial charge in [-0.15, -0.1) is 5.10 Å². The predicted octanol–water partition coefficient (Wildman–Crippen LogP) is 3.39. The van der Waals surface area contributed by atoms with Crippen molar-refractivity contribution in [3.8, 4) is 5.69 Å². The summed E-state index contributed by atoms with van der Waals surface area (Å²) < 4.78 is 42.0. The number of rotatable bonds is 4. The lowest BCUT2D eigenvalue weighted by atomic mass is 10.2. The SMILES string of the molecule is OC(c1cn(-c2cccc(C(F)(F)F)c2)nn1)[SH]1C(C2CC2)=Nc2cncn21. The van der Waals surface area contributed by atoms with Crippen molar-refractivity contribution in [3.05, 3.63) is 54.2 Å². The Bertz CT molecular complexity index is 1070. The monoisotopic (exact) mass is 408 g/mol. The molecule has 28 heavy (non-hydrogen) atoms. The van der Waals surface area contributed by atoms with Crippen molar-refractivity contribution in [3.63, 3.8) is 0 Å². The molecule has 1 aromatic carbocycles. The Hall–Kier alpha value is -2.66. The van der Waals surface area contributed by atoms with Crippen LogP contribution in [0.1, 0.15) is 29.5 Å². The summed E-state index contributed by atoms with van der Waals surface area (Å²) in [5.74, 6) is 1.07. The molecule has 11 heteroatoms. The van der Waals surface area contributed by atoms with Crippen LogP contribution in [0.5, 0.6) is 0 Å². The van der Waals surface area contributed by atoms with Gasteiger partial charge in [0.2, 0.25) is 0 Å². The maximum atomic E-state index is 13.0. The molecule has 3 aromatic rings. The van der Waals surface area contributed by atoms with E-state index in [0.717, 1.165) is 30.0 Å². The van der Waals surface area contributed by atoms with Crippen molar-refractivity contribution in [2.45, 2.75) is 24.5 Å². The maximum absolute atomic E-state index is 13.0. The van der Waals surface area contributed by atoms with Gasteiger partial charge in [0.05, 0.1) is 28.7 Å². The lowest BCUT2D eigenvalue weighted by Crippen LogP contribution is -2.12. The number of fused-ring (bicyclic) bond motifs is 1. The van der Waals surface area contributed by atoms with E-state index < -0.39 is 28.3 Å². The Morgan fingerprint density at radius 3 is 2.82 bits per heavy atom. The van der Waals surface area contributed by atoms with Crippen LogP contribution in [0.2, 0.25) is 0 Å². The number of aromatic nitrogens is 5. The van der Waals surface area contributed by atoms with E-state index >= 15 is 0 Å². The van der Waals surface area contributed by atoms with Crippen LogP contribution in [-0.2, 0) is 6.18 Å². The number of alkyl halides is 3. The molecule has 0 bridgehead atoms. The van der Waals surface area contributed by atoms with Crippen LogP contribution >= 0.6 is 11.1 Å². The summed E-state index contributed by atoms with van der Waals surface area (Å²) in [6.45, 7) is 0. The van der Waals surface area contributed by atoms with E-state index in [2.05, 4.69) is 20.3 Å². The summed E-state index contributed by atoms with van der Waals surface area (Å²) in [6, 6.07) is 4.81. The van der Waals surface area contributed by atoms with Crippen molar-refractivity contribution in [1.82, 2.24) is 24.0 Å². The molecule has 1 aliphatic heterocycles. The lowest BCUT2D eigenvalue weighted by Gasteiger charge is -2.24. The molecule has 146 valence electrons. The molecule has 5 rings (SSSR count). The number of halogens is 3. The number of aliphatic hydroxyl groups is 1. The number of thiol groups is 1. The van der Waals surface area contributed by atoms with Crippen LogP contribution in [-0.4, -0.2) is 34.1 Å². The molecule has 3 heterocycles. The third-order valence-electron chi connectivity index (χ3n) is 4.68. The minimum absolute atomic E-state index is 0.222. The van der Waals surface area contributed by atoms with Gasteiger partial charge in [-0.05, 0) is 31.0 Å². The van der Waals surface area contributed by atoms with Crippen LogP contribution < -0.4 is 0 Å². The van der Waals surface area contributed by atoms with Crippen LogP contribution in [0, 0.1) is 5.92 Å². The summed E-state index contributed by atoms with van der Waals surface area (Å²) >= 11 is -1.22. The topological polar surface area (TPSA) is 81.1 Å². The summed E-state index contributed by atoms with van der Waals surface area (Å²) in [7, 11) is 0. The normalized spacial score (nSPS) is 21.4. The highest BCUT2D eigenvalue weighted by atomic mass is 32.2. The fourth-order valence-corrected chi connectivity index (χ4v) is 5.54. The number of hydrogen-bond donors (Lipinski definition) is 2. The van der Waals surface area contributed by atoms with Gasteiger partial charge in [0, 0.05) is 5.92 Å². The van der Waals surface area contributed by atoms with Gasteiger partial charge >= 0.3 is 6.18 Å². The van der Waals surface area contributed by atoms with Gasteiger partial charge in [0.1, 0.15) is 17.5 Å². The third kappa shape index (κ3) is 2.90. The van der Waals surface area contributed by atoms with Crippen molar-refractivity contribution >= 4 is 21.9 Å². The number of hydrogen-bond acceptors (Lipinski definition) is 5. The van der Waals surface area contributed by atoms with Crippen molar-refractivity contribution < 1.29 is 18.3 Å². The molecule has 7 nitrogen and oxygen atoms in total. The lowest BCUT2D eigenvalue weighted by molar-refractivity contribution is -0.137. The molecule has 1 N–H and O–H groups in total. The highest BCUT2D eigenvalue weighted by Crippen LogP contribution is 2.55. The Balaban J connectivity index is 1.46. The first-order chi connectivity index (χ1) is 13.4. The molecule has 0 saturated heterocycles. The number of nitrogens with zero attached hydrogens (tertiary/aromatic N) is 6. The van der Waals surface area contributed by atoms with Gasteiger partial charge < -0.3 is 5.11 Å². The zero-order valence-electron chi connectivity index (χ0n) is 14.3. The molecular formula is C17H15F3N6OS. The smallest absolute Gasteiger partial charge is 0.376 e. The van der Waals surface area contributed by atoms with Crippen molar-refractivity contribution in [2.75, 3.05) is 0 Å². The van der Waals surface area contributed by atoms with E-state index in [0.29, 0.717) is 17.4 Å². The molecule has 2 aliphatic rings. The Morgan fingerprint density at radius 2 is 2.07 bits per heavy atom. The summed E-state index contributed by atoms with van der Waals surface area (Å²) in [4.78, 5) is 8.69. The predicted molar refractivity (Wildman–Crippen MR) is 97.8 cm³/mol. The van der Waals surface area contributed by atoms with Gasteiger partial charge in [-0.25, -0.2) is 14.7 Å². The van der Waals surface area contributed by atoms with Gasteiger partial charge in [0.25, 0.3) is 0 Å². The second-order valence-corrected chi connectivity index (χ2v) is 8.76. The molecular weight excluding hydrogens is 393 g/mol. The Labute approximate surface area is 160 Å². The standard InChI is InChI=1S/C17H15F3N6OS/c18-17(19,20)11-2-1-3-12(6-11)25-8-13(23-24-25)16(27)28-15(10-4-5-10)22-14-7-21-9-26(14)28/h1-3,6-10,16,27-28H,4-5H2. The Kier molecular flexibility index (Phi) is 3.85. The number of benzene rings is 1. The van der Waals surface area contributed by atoms with Gasteiger partial charge in [0.15, 0.2) is 5.82 Å². The first-order valence-corrected chi connectivity index (χ1v) is 9.96. The van der Waals surface area contributed by atoms with E-state index in [1.165, 1.54) is 23.0 Å². The highest BCUT2D eigenvalue weighted by molar-refractivity contribution is 8.29. The fraction of sp³-hybridized carbons (Fsp3) is 0.294. The summed E-state index contributed by atoms with van der Waals surface area (Å²) in [6.07, 6.45) is 2.39. The van der Waals surface area contributed by atoms with Crippen LogP contribution in [0.25, 0.3) is 5.69 Å². The molecule has 1 saturated carbocycles. The molecule has 1 fully saturated rings. The molecule has 2 unspecified atom stereocenters. The zero-order valence-corrected chi connectivity index (χ0v) is 15.2. The van der Waals surface area contributed by atoms with E-state index in [1.54, 1.807) is 12.5 Å². The molecule has 2 aromatic heterocycles. The maximum Gasteiger partial charge on any atom is 0.416 e. The van der Waals surface area contributed by atoms with E-state index in [1.807, 2.05) is 3.97 Å². The minimum Gasteiger partial charge on any atom is -0.376 e. The van der Waals surface area contributed by atoms with Crippen molar-refractivity contribution in [1.29, 1.82) is 0 Å². The molecule has 2 atom stereocenters. The van der Waals surface area contributed by atoms with E-state index in [-0.39, 0.29) is 5.69 Å². The highest BCUT2D eigenvalue weighted by Gasteiger charge is 2.40. The van der Waals surface area contributed by atoms with Crippen LogP contribution in [0.4, 0.5) is 19.0 Å². The quantitative estimate of drug-likeness (QED) is 0.649. The summed E-state index contributed by atoms with van der Waals surface area (Å²) in [5, 5.41) is 19.9. The fourth-order valence-electron chi connectivity index (χ4n) is 3.14. The number of aliphatic hydroxyl groups excluding tert-OH is 1. The molecule has 0 spiro atoms. The molecule has 0 amide bonds. The number of aliphatic imine (C=N–C) groups is 1. The molecule has 1 aliphatic carbocycles. The van der Waals surface area contributed by atoms with Crippen LogP contribution in [0.3, 0.4) is 0 Å². The summed E-state index contributed by atoms with van der Waals surface area (Å²) in [5.41, 5.74) is -1.23. The van der Waals surface area contributed by atoms with Gasteiger partial charge in [-0.3, -0.25) is 3.97 Å². The number of imidazole rings is 1. The first kappa shape index (κ1) is 17.4. The Morgan fingerprint density at radius 1 is 1.25 bits per heavy atom. The van der Waals surface area contributed by atoms with Crippen molar-refractivity contribution in [2.24, 2.45) is 10.9 Å². The minimum atomic E-state index is -4.44. The largest absolute Gasteiger partial charge is 0.416 e. The average molecular weight is 408 g/mol. The van der Waals surface area contributed by atoms with Gasteiger partial charge in [-0.2, -0.15) is 13.2 Å². The molecule has 0 radical (unpaired) electrons. The van der Waals surface area contributed by atoms with Gasteiger partial charge in [-0.1, -0.05) is 22.4 Å². The van der Waals surface area contributed by atoms with E-state index in [9.17, 15) is 18.3 Å². The second-order valence-electron chi connectivity index (χ2n) is 6.69. The third-order valence-corrected chi connectivity index (χ3v) is 7.12. The van der Waals surface area contributed by atoms with E-state index in [4.69, 9.17) is 0 Å². The zero-order chi connectivity index (χ0) is 19.5.